The predicted molar refractivity (Wildman–Crippen MR) is 71.0 cm³/mol. The quantitative estimate of drug-likeness (QED) is 0.601. The number of ether oxygens (including phenoxy) is 1. The Morgan fingerprint density at radius 1 is 1.17 bits per heavy atom. The van der Waals surface area contributed by atoms with Crippen LogP contribution in [0.3, 0.4) is 0 Å². The van der Waals surface area contributed by atoms with E-state index in [2.05, 4.69) is 0 Å². The molecule has 4 nitrogen and oxygen atoms in total. The van der Waals surface area contributed by atoms with Crippen LogP contribution in [0, 0.1) is 0 Å². The molecule has 0 saturated heterocycles. The highest BCUT2D eigenvalue weighted by Crippen LogP contribution is 2.11. The molecule has 0 radical (unpaired) electrons. The molecule has 0 fully saturated rings. The maximum absolute atomic E-state index is 11.9. The lowest BCUT2D eigenvalue weighted by Gasteiger charge is -2.19. The van der Waals surface area contributed by atoms with E-state index in [1.54, 1.807) is 32.4 Å². The standard InChI is InChI=1S/C13H19BO4/c1-13(2,3)18-12(15)10-7-6-8-11(9-10)14(16-4)17-5/h6-9H,1-5H3. The van der Waals surface area contributed by atoms with Gasteiger partial charge in [-0.15, -0.1) is 0 Å². The van der Waals surface area contributed by atoms with Crippen LogP contribution < -0.4 is 5.46 Å². The fraction of sp³-hybridized carbons (Fsp3) is 0.462. The van der Waals surface area contributed by atoms with Gasteiger partial charge in [-0.25, -0.2) is 4.79 Å². The second-order valence-electron chi connectivity index (χ2n) is 4.93. The van der Waals surface area contributed by atoms with Crippen molar-refractivity contribution in [2.75, 3.05) is 14.2 Å². The zero-order valence-corrected chi connectivity index (χ0v) is 11.5. The molecule has 1 aromatic rings. The highest BCUT2D eigenvalue weighted by atomic mass is 16.6. The Kier molecular flexibility index (Phi) is 4.93. The summed E-state index contributed by atoms with van der Waals surface area (Å²) in [5, 5.41) is 0. The molecule has 0 spiro atoms. The zero-order chi connectivity index (χ0) is 13.8. The van der Waals surface area contributed by atoms with Gasteiger partial charge in [-0.3, -0.25) is 0 Å². The number of rotatable bonds is 4. The molecule has 0 heterocycles. The Morgan fingerprint density at radius 3 is 2.28 bits per heavy atom. The van der Waals surface area contributed by atoms with E-state index < -0.39 is 12.7 Å². The predicted octanol–water partition coefficient (Wildman–Crippen LogP) is 1.63. The molecule has 0 aliphatic carbocycles. The summed E-state index contributed by atoms with van der Waals surface area (Å²) in [5.74, 6) is -0.352. The van der Waals surface area contributed by atoms with Gasteiger partial charge in [0.1, 0.15) is 5.60 Å². The maximum atomic E-state index is 11.9. The number of esters is 1. The van der Waals surface area contributed by atoms with Crippen molar-refractivity contribution in [2.45, 2.75) is 26.4 Å². The molecule has 0 saturated carbocycles. The Hall–Kier alpha value is -1.33. The van der Waals surface area contributed by atoms with Gasteiger partial charge in [-0.2, -0.15) is 0 Å². The summed E-state index contributed by atoms with van der Waals surface area (Å²) in [7, 11) is 2.62. The average molecular weight is 250 g/mol. The van der Waals surface area contributed by atoms with Gasteiger partial charge in [0.2, 0.25) is 0 Å². The lowest BCUT2D eigenvalue weighted by atomic mass is 9.78. The summed E-state index contributed by atoms with van der Waals surface area (Å²) in [6.45, 7) is 5.51. The van der Waals surface area contributed by atoms with Crippen molar-refractivity contribution in [1.29, 1.82) is 0 Å². The van der Waals surface area contributed by atoms with E-state index in [0.717, 1.165) is 5.46 Å². The average Bonchev–Trinajstić information content (AvgIpc) is 2.29. The molecule has 0 amide bonds. The first-order valence-electron chi connectivity index (χ1n) is 5.76. The van der Waals surface area contributed by atoms with Crippen molar-refractivity contribution < 1.29 is 18.8 Å². The summed E-state index contributed by atoms with van der Waals surface area (Å²) in [5.41, 5.74) is 0.763. The molecule has 1 rings (SSSR count). The molecule has 0 atom stereocenters. The first-order chi connectivity index (χ1) is 8.37. The van der Waals surface area contributed by atoms with Crippen molar-refractivity contribution in [1.82, 2.24) is 0 Å². The Morgan fingerprint density at radius 2 is 1.78 bits per heavy atom. The number of carbonyl (C=O) groups is 1. The highest BCUT2D eigenvalue weighted by molar-refractivity contribution is 6.61. The second kappa shape index (κ2) is 6.02. The minimum Gasteiger partial charge on any atom is -0.456 e. The van der Waals surface area contributed by atoms with Crippen LogP contribution in [-0.2, 0) is 14.0 Å². The van der Waals surface area contributed by atoms with E-state index in [1.807, 2.05) is 26.8 Å². The third kappa shape index (κ3) is 4.16. The number of benzene rings is 1. The molecule has 0 aliphatic rings. The van der Waals surface area contributed by atoms with Crippen LogP contribution in [-0.4, -0.2) is 32.9 Å². The summed E-state index contributed by atoms with van der Waals surface area (Å²) in [6.07, 6.45) is 0. The van der Waals surface area contributed by atoms with Crippen molar-refractivity contribution in [3.8, 4) is 0 Å². The minimum absolute atomic E-state index is 0.352. The van der Waals surface area contributed by atoms with Crippen LogP contribution in [0.4, 0.5) is 0 Å². The second-order valence-corrected chi connectivity index (χ2v) is 4.93. The molecule has 98 valence electrons. The minimum atomic E-state index is -0.505. The Bertz CT molecular complexity index is 408. The molecule has 0 aliphatic heterocycles. The number of hydrogen-bond donors (Lipinski definition) is 0. The largest absolute Gasteiger partial charge is 0.493 e. The van der Waals surface area contributed by atoms with E-state index >= 15 is 0 Å². The van der Waals surface area contributed by atoms with Gasteiger partial charge in [-0.05, 0) is 38.4 Å². The van der Waals surface area contributed by atoms with Gasteiger partial charge in [0, 0.05) is 14.2 Å². The molecular formula is C13H19BO4. The van der Waals surface area contributed by atoms with Crippen LogP contribution in [0.25, 0.3) is 0 Å². The molecule has 0 unspecified atom stereocenters. The van der Waals surface area contributed by atoms with Gasteiger partial charge < -0.3 is 14.0 Å². The lowest BCUT2D eigenvalue weighted by molar-refractivity contribution is 0.00696. The monoisotopic (exact) mass is 250 g/mol. The third-order valence-corrected chi connectivity index (χ3v) is 2.22. The Balaban J connectivity index is 2.91. The summed E-state index contributed by atoms with van der Waals surface area (Å²) < 4.78 is 15.6. The van der Waals surface area contributed by atoms with E-state index in [9.17, 15) is 4.79 Å². The summed E-state index contributed by atoms with van der Waals surface area (Å²) in [4.78, 5) is 11.9. The van der Waals surface area contributed by atoms with Crippen LogP contribution in [0.2, 0.25) is 0 Å². The smallest absolute Gasteiger partial charge is 0.456 e. The lowest BCUT2D eigenvalue weighted by Crippen LogP contribution is -2.35. The van der Waals surface area contributed by atoms with Crippen LogP contribution in [0.1, 0.15) is 31.1 Å². The molecule has 5 heteroatoms. The first-order valence-corrected chi connectivity index (χ1v) is 5.76. The number of hydrogen-bond acceptors (Lipinski definition) is 4. The van der Waals surface area contributed by atoms with Gasteiger partial charge in [0.25, 0.3) is 0 Å². The van der Waals surface area contributed by atoms with Crippen molar-refractivity contribution in [3.63, 3.8) is 0 Å². The molecule has 0 bridgehead atoms. The van der Waals surface area contributed by atoms with E-state index in [-0.39, 0.29) is 5.97 Å². The molecule has 18 heavy (non-hydrogen) atoms. The normalized spacial score (nSPS) is 11.2. The Labute approximate surface area is 108 Å². The van der Waals surface area contributed by atoms with Crippen LogP contribution in [0.15, 0.2) is 24.3 Å². The number of carbonyl (C=O) groups excluding carboxylic acids is 1. The van der Waals surface area contributed by atoms with Gasteiger partial charge in [0.05, 0.1) is 5.56 Å². The fourth-order valence-corrected chi connectivity index (χ4v) is 1.52. The first kappa shape index (κ1) is 14.7. The van der Waals surface area contributed by atoms with Crippen LogP contribution in [0.5, 0.6) is 0 Å². The SMILES string of the molecule is COB(OC)c1cccc(C(=O)OC(C)(C)C)c1. The highest BCUT2D eigenvalue weighted by Gasteiger charge is 2.22. The van der Waals surface area contributed by atoms with E-state index in [0.29, 0.717) is 5.56 Å². The van der Waals surface area contributed by atoms with Gasteiger partial charge >= 0.3 is 13.1 Å². The molecule has 0 N–H and O–H groups in total. The van der Waals surface area contributed by atoms with E-state index in [1.165, 1.54) is 0 Å². The van der Waals surface area contributed by atoms with E-state index in [4.69, 9.17) is 14.0 Å². The topological polar surface area (TPSA) is 44.8 Å². The van der Waals surface area contributed by atoms with Crippen molar-refractivity contribution in [3.05, 3.63) is 29.8 Å². The maximum Gasteiger partial charge on any atom is 0.493 e. The third-order valence-electron chi connectivity index (χ3n) is 2.22. The summed E-state index contributed by atoms with van der Waals surface area (Å²) >= 11 is 0. The molecular weight excluding hydrogens is 231 g/mol. The van der Waals surface area contributed by atoms with Gasteiger partial charge in [-0.1, -0.05) is 12.1 Å². The van der Waals surface area contributed by atoms with Gasteiger partial charge in [0.15, 0.2) is 0 Å². The summed E-state index contributed by atoms with van der Waals surface area (Å²) in [6, 6.07) is 7.04. The van der Waals surface area contributed by atoms with Crippen LogP contribution >= 0.6 is 0 Å². The zero-order valence-electron chi connectivity index (χ0n) is 11.5. The van der Waals surface area contributed by atoms with Crippen molar-refractivity contribution in [2.24, 2.45) is 0 Å². The molecule has 1 aromatic carbocycles. The molecule has 0 aromatic heterocycles. The fourth-order valence-electron chi connectivity index (χ4n) is 1.52. The van der Waals surface area contributed by atoms with Crippen molar-refractivity contribution >= 4 is 18.6 Å².